The summed E-state index contributed by atoms with van der Waals surface area (Å²) in [6.45, 7) is 0.318. The Labute approximate surface area is 209 Å². The van der Waals surface area contributed by atoms with Gasteiger partial charge in [0, 0.05) is 25.0 Å². The second-order valence-corrected chi connectivity index (χ2v) is 9.32. The van der Waals surface area contributed by atoms with Crippen molar-refractivity contribution < 1.29 is 18.7 Å². The smallest absolute Gasteiger partial charge is 0.326 e. The van der Waals surface area contributed by atoms with E-state index in [9.17, 15) is 18.7 Å². The molecule has 0 amide bonds. The largest absolute Gasteiger partial charge is 0.480 e. The van der Waals surface area contributed by atoms with Gasteiger partial charge in [-0.3, -0.25) is 14.6 Å². The van der Waals surface area contributed by atoms with Gasteiger partial charge in [-0.05, 0) is 69.5 Å². The molecule has 3 aromatic heterocycles. The van der Waals surface area contributed by atoms with E-state index in [4.69, 9.17) is 4.98 Å². The standard InChI is InChI=1S/C25H33F2N7O2/c1-33-24-19(14-30-33)23(28-16-29-24)32-21(25(35)36)11-13-34(15-22(26)27)12-5-4-7-18-10-9-17-6-2-3-8-20(17)31-18/h9-10,14,16,21-22H,2-8,11-13,15H2,1H3,(H,35,36)(H,28,29,32)/t21-/m0/s1. The van der Waals surface area contributed by atoms with Crippen molar-refractivity contribution in [3.05, 3.63) is 41.6 Å². The zero-order valence-corrected chi connectivity index (χ0v) is 20.5. The number of unbranched alkanes of at least 4 members (excludes halogenated alkanes) is 1. The molecule has 0 saturated carbocycles. The minimum atomic E-state index is -2.49. The van der Waals surface area contributed by atoms with Crippen molar-refractivity contribution in [2.75, 3.05) is 25.0 Å². The molecule has 2 N–H and O–H groups in total. The third-order valence-corrected chi connectivity index (χ3v) is 6.66. The first-order valence-corrected chi connectivity index (χ1v) is 12.5. The van der Waals surface area contributed by atoms with Crippen LogP contribution in [0.5, 0.6) is 0 Å². The van der Waals surface area contributed by atoms with E-state index in [-0.39, 0.29) is 19.5 Å². The van der Waals surface area contributed by atoms with Gasteiger partial charge in [-0.1, -0.05) is 6.07 Å². The molecule has 1 aliphatic carbocycles. The van der Waals surface area contributed by atoms with Crippen molar-refractivity contribution in [3.63, 3.8) is 0 Å². The first kappa shape index (κ1) is 25.9. The first-order valence-electron chi connectivity index (χ1n) is 12.5. The number of fused-ring (bicyclic) bond motifs is 2. The molecule has 0 spiro atoms. The molecule has 11 heteroatoms. The Morgan fingerprint density at radius 3 is 2.83 bits per heavy atom. The van der Waals surface area contributed by atoms with Crippen LogP contribution in [0.4, 0.5) is 14.6 Å². The van der Waals surface area contributed by atoms with E-state index in [0.29, 0.717) is 23.4 Å². The van der Waals surface area contributed by atoms with Gasteiger partial charge >= 0.3 is 5.97 Å². The molecule has 1 atom stereocenters. The van der Waals surface area contributed by atoms with Crippen LogP contribution in [0, 0.1) is 0 Å². The van der Waals surface area contributed by atoms with Crippen LogP contribution >= 0.6 is 0 Å². The maximum Gasteiger partial charge on any atom is 0.326 e. The van der Waals surface area contributed by atoms with Crippen LogP contribution in [0.1, 0.15) is 49.1 Å². The number of pyridine rings is 1. The number of halogens is 2. The highest BCUT2D eigenvalue weighted by atomic mass is 19.3. The summed E-state index contributed by atoms with van der Waals surface area (Å²) in [4.78, 5) is 26.6. The lowest BCUT2D eigenvalue weighted by molar-refractivity contribution is -0.138. The van der Waals surface area contributed by atoms with Gasteiger partial charge in [0.05, 0.1) is 18.1 Å². The Hall–Kier alpha value is -3.21. The Morgan fingerprint density at radius 1 is 1.19 bits per heavy atom. The summed E-state index contributed by atoms with van der Waals surface area (Å²) >= 11 is 0. The van der Waals surface area contributed by atoms with Gasteiger partial charge < -0.3 is 10.4 Å². The fourth-order valence-corrected chi connectivity index (χ4v) is 4.71. The molecule has 4 rings (SSSR count). The third-order valence-electron chi connectivity index (χ3n) is 6.66. The van der Waals surface area contributed by atoms with E-state index >= 15 is 0 Å². The van der Waals surface area contributed by atoms with E-state index in [0.717, 1.165) is 37.8 Å². The van der Waals surface area contributed by atoms with Gasteiger partial charge in [-0.2, -0.15) is 5.10 Å². The second kappa shape index (κ2) is 12.2. The summed E-state index contributed by atoms with van der Waals surface area (Å²) in [6, 6.07) is 3.27. The number of carbonyl (C=O) groups is 1. The van der Waals surface area contributed by atoms with Crippen LogP contribution in [0.2, 0.25) is 0 Å². The predicted octanol–water partition coefficient (Wildman–Crippen LogP) is 3.48. The summed E-state index contributed by atoms with van der Waals surface area (Å²) < 4.78 is 28.0. The lowest BCUT2D eigenvalue weighted by Crippen LogP contribution is -2.37. The molecule has 36 heavy (non-hydrogen) atoms. The highest BCUT2D eigenvalue weighted by Gasteiger charge is 2.22. The highest BCUT2D eigenvalue weighted by molar-refractivity contribution is 5.88. The maximum atomic E-state index is 13.2. The average Bonchev–Trinajstić information content (AvgIpc) is 3.25. The summed E-state index contributed by atoms with van der Waals surface area (Å²) in [5.74, 6) is -0.709. The van der Waals surface area contributed by atoms with Crippen LogP contribution in [-0.4, -0.2) is 72.8 Å². The Morgan fingerprint density at radius 2 is 2.03 bits per heavy atom. The minimum absolute atomic E-state index is 0.153. The highest BCUT2D eigenvalue weighted by Crippen LogP contribution is 2.21. The molecule has 0 aromatic carbocycles. The zero-order chi connectivity index (χ0) is 25.5. The van der Waals surface area contributed by atoms with Gasteiger partial charge in [0.25, 0.3) is 6.43 Å². The molecular formula is C25H33F2N7O2. The van der Waals surface area contributed by atoms with Crippen molar-refractivity contribution >= 4 is 22.8 Å². The van der Waals surface area contributed by atoms with Gasteiger partial charge in [-0.25, -0.2) is 23.5 Å². The Balaban J connectivity index is 1.30. The topological polar surface area (TPSA) is 109 Å². The number of anilines is 1. The van der Waals surface area contributed by atoms with Crippen LogP contribution in [-0.2, 0) is 31.1 Å². The van der Waals surface area contributed by atoms with E-state index in [1.165, 1.54) is 30.4 Å². The van der Waals surface area contributed by atoms with Crippen molar-refractivity contribution in [2.45, 2.75) is 63.8 Å². The molecule has 0 saturated heterocycles. The molecule has 0 bridgehead atoms. The van der Waals surface area contributed by atoms with E-state index in [2.05, 4.69) is 32.5 Å². The number of rotatable bonds is 13. The molecule has 0 unspecified atom stereocenters. The number of alkyl halides is 2. The van der Waals surface area contributed by atoms with Gasteiger partial charge in [0.15, 0.2) is 5.65 Å². The molecule has 0 radical (unpaired) electrons. The Bertz CT molecular complexity index is 1170. The van der Waals surface area contributed by atoms with E-state index in [1.54, 1.807) is 22.8 Å². The number of hydrogen-bond donors (Lipinski definition) is 2. The number of aromatic nitrogens is 5. The average molecular weight is 502 g/mol. The molecular weight excluding hydrogens is 468 g/mol. The molecule has 3 heterocycles. The molecule has 1 aliphatic rings. The zero-order valence-electron chi connectivity index (χ0n) is 20.5. The van der Waals surface area contributed by atoms with Crippen molar-refractivity contribution in [1.82, 2.24) is 29.6 Å². The minimum Gasteiger partial charge on any atom is -0.480 e. The number of nitrogens with one attached hydrogen (secondary N) is 1. The first-order chi connectivity index (χ1) is 17.4. The van der Waals surface area contributed by atoms with Crippen molar-refractivity contribution in [2.24, 2.45) is 7.05 Å². The van der Waals surface area contributed by atoms with Crippen molar-refractivity contribution in [1.29, 1.82) is 0 Å². The normalized spacial score (nSPS) is 14.4. The van der Waals surface area contributed by atoms with Gasteiger partial charge in [0.1, 0.15) is 18.2 Å². The van der Waals surface area contributed by atoms with Gasteiger partial charge in [-0.15, -0.1) is 0 Å². The lowest BCUT2D eigenvalue weighted by atomic mass is 9.95. The van der Waals surface area contributed by atoms with Gasteiger partial charge in [0.2, 0.25) is 0 Å². The SMILES string of the molecule is Cn1ncc2c(N[C@@H](CCN(CCCCc3ccc4c(n3)CCCC4)CC(F)F)C(=O)O)ncnc21. The number of nitrogens with zero attached hydrogens (tertiary/aromatic N) is 6. The van der Waals surface area contributed by atoms with Crippen LogP contribution in [0.15, 0.2) is 24.7 Å². The molecule has 194 valence electrons. The quantitative estimate of drug-likeness (QED) is 0.343. The summed E-state index contributed by atoms with van der Waals surface area (Å²) in [5.41, 5.74) is 4.18. The molecule has 9 nitrogen and oxygen atoms in total. The summed E-state index contributed by atoms with van der Waals surface area (Å²) in [5, 5.41) is 17.4. The predicted molar refractivity (Wildman–Crippen MR) is 132 cm³/mol. The number of carboxylic acids is 1. The van der Waals surface area contributed by atoms with Crippen LogP contribution in [0.3, 0.4) is 0 Å². The maximum absolute atomic E-state index is 13.2. The van der Waals surface area contributed by atoms with Crippen LogP contribution in [0.25, 0.3) is 11.0 Å². The molecule has 3 aromatic rings. The molecule has 0 aliphatic heterocycles. The number of hydrogen-bond acceptors (Lipinski definition) is 7. The fourth-order valence-electron chi connectivity index (χ4n) is 4.71. The second-order valence-electron chi connectivity index (χ2n) is 9.32. The number of aliphatic carboxylic acids is 1. The number of aryl methyl sites for hydroxylation is 4. The monoisotopic (exact) mass is 501 g/mol. The third kappa shape index (κ3) is 6.71. The van der Waals surface area contributed by atoms with E-state index in [1.807, 2.05) is 0 Å². The summed E-state index contributed by atoms with van der Waals surface area (Å²) in [7, 11) is 1.73. The summed E-state index contributed by atoms with van der Waals surface area (Å²) in [6.07, 6.45) is 7.49. The fraction of sp³-hybridized carbons (Fsp3) is 0.560. The van der Waals surface area contributed by atoms with E-state index < -0.39 is 18.4 Å². The Kier molecular flexibility index (Phi) is 8.74. The van der Waals surface area contributed by atoms with Crippen LogP contribution < -0.4 is 5.32 Å². The number of carboxylic acid groups (broad SMARTS) is 1. The molecule has 0 fully saturated rings. The van der Waals surface area contributed by atoms with Crippen molar-refractivity contribution in [3.8, 4) is 0 Å². The lowest BCUT2D eigenvalue weighted by Gasteiger charge is -2.24.